The second-order valence-corrected chi connectivity index (χ2v) is 9.74. The molecule has 6 heteroatoms. The second-order valence-electron chi connectivity index (χ2n) is 6.25. The van der Waals surface area contributed by atoms with Gasteiger partial charge in [-0.25, -0.2) is 8.42 Å². The lowest BCUT2D eigenvalue weighted by Gasteiger charge is -2.24. The van der Waals surface area contributed by atoms with Crippen LogP contribution in [0.2, 0.25) is 5.02 Å². The molecule has 0 amide bonds. The van der Waals surface area contributed by atoms with Gasteiger partial charge in [-0.15, -0.1) is 11.8 Å². The molecule has 1 heterocycles. The summed E-state index contributed by atoms with van der Waals surface area (Å²) in [6, 6.07) is 24.4. The number of halogens is 1. The molecular formula is C21H18ClNO2S2. The van der Waals surface area contributed by atoms with Crippen molar-refractivity contribution >= 4 is 33.4 Å². The highest BCUT2D eigenvalue weighted by molar-refractivity contribution is 8.01. The lowest BCUT2D eigenvalue weighted by atomic mass is 10.1. The zero-order chi connectivity index (χ0) is 18.9. The van der Waals surface area contributed by atoms with Crippen molar-refractivity contribution in [3.8, 4) is 11.1 Å². The first-order valence-electron chi connectivity index (χ1n) is 8.61. The minimum atomic E-state index is -3.60. The lowest BCUT2D eigenvalue weighted by Crippen LogP contribution is -2.30. The summed E-state index contributed by atoms with van der Waals surface area (Å²) < 4.78 is 28.0. The van der Waals surface area contributed by atoms with Gasteiger partial charge in [-0.2, -0.15) is 4.31 Å². The molecule has 1 aliphatic heterocycles. The van der Waals surface area contributed by atoms with Crippen LogP contribution in [0.25, 0.3) is 11.1 Å². The van der Waals surface area contributed by atoms with Crippen molar-refractivity contribution in [1.29, 1.82) is 0 Å². The van der Waals surface area contributed by atoms with Crippen molar-refractivity contribution in [2.75, 3.05) is 12.3 Å². The van der Waals surface area contributed by atoms with Crippen molar-refractivity contribution in [2.24, 2.45) is 0 Å². The smallest absolute Gasteiger partial charge is 0.207 e. The quantitative estimate of drug-likeness (QED) is 0.569. The van der Waals surface area contributed by atoms with E-state index < -0.39 is 10.0 Å². The Morgan fingerprint density at radius 2 is 1.48 bits per heavy atom. The average Bonchev–Trinajstić information content (AvgIpc) is 3.20. The molecule has 0 N–H and O–H groups in total. The number of nitrogens with zero attached hydrogens (tertiary/aromatic N) is 1. The van der Waals surface area contributed by atoms with E-state index in [4.69, 9.17) is 11.6 Å². The molecule has 3 nitrogen and oxygen atoms in total. The fourth-order valence-corrected chi connectivity index (χ4v) is 6.78. The Morgan fingerprint density at radius 1 is 0.852 bits per heavy atom. The van der Waals surface area contributed by atoms with Crippen LogP contribution in [0.1, 0.15) is 10.9 Å². The summed E-state index contributed by atoms with van der Waals surface area (Å²) in [7, 11) is -3.60. The SMILES string of the molecule is O=S(=O)(c1ccc(-c2ccccc2)cc1)N1CCSC1c1ccccc1Cl. The zero-order valence-corrected chi connectivity index (χ0v) is 16.8. The molecule has 27 heavy (non-hydrogen) atoms. The zero-order valence-electron chi connectivity index (χ0n) is 14.5. The third-order valence-corrected chi connectivity index (χ3v) is 8.19. The second kappa shape index (κ2) is 7.68. The molecule has 3 aromatic carbocycles. The van der Waals surface area contributed by atoms with E-state index in [9.17, 15) is 8.42 Å². The number of hydrogen-bond donors (Lipinski definition) is 0. The number of sulfonamides is 1. The van der Waals surface area contributed by atoms with Crippen LogP contribution < -0.4 is 0 Å². The number of rotatable bonds is 4. The standard InChI is InChI=1S/C21H18ClNO2S2/c22-20-9-5-4-8-19(20)21-23(14-15-26-21)27(24,25)18-12-10-17(11-13-18)16-6-2-1-3-7-16/h1-13,21H,14-15H2. The number of benzene rings is 3. The molecule has 1 unspecified atom stereocenters. The average molecular weight is 416 g/mol. The topological polar surface area (TPSA) is 37.4 Å². The maximum Gasteiger partial charge on any atom is 0.244 e. The maximum atomic E-state index is 13.2. The molecule has 1 fully saturated rings. The van der Waals surface area contributed by atoms with Crippen molar-refractivity contribution < 1.29 is 8.42 Å². The minimum Gasteiger partial charge on any atom is -0.207 e. The van der Waals surface area contributed by atoms with Gasteiger partial charge >= 0.3 is 0 Å². The van der Waals surface area contributed by atoms with E-state index >= 15 is 0 Å². The molecule has 0 radical (unpaired) electrons. The normalized spacial score (nSPS) is 17.9. The van der Waals surface area contributed by atoms with E-state index in [-0.39, 0.29) is 5.37 Å². The first kappa shape index (κ1) is 18.6. The van der Waals surface area contributed by atoms with Crippen molar-refractivity contribution in [3.63, 3.8) is 0 Å². The fourth-order valence-electron chi connectivity index (χ4n) is 3.21. The van der Waals surface area contributed by atoms with Crippen LogP contribution in [0, 0.1) is 0 Å². The third kappa shape index (κ3) is 3.65. The predicted octanol–water partition coefficient (Wildman–Crippen LogP) is 5.44. The summed E-state index contributed by atoms with van der Waals surface area (Å²) >= 11 is 7.92. The summed E-state index contributed by atoms with van der Waals surface area (Å²) in [5.74, 6) is 0.747. The van der Waals surface area contributed by atoms with Gasteiger partial charge in [0.1, 0.15) is 0 Å². The van der Waals surface area contributed by atoms with E-state index in [1.807, 2.05) is 60.7 Å². The number of hydrogen-bond acceptors (Lipinski definition) is 3. The first-order valence-corrected chi connectivity index (χ1v) is 11.5. The van der Waals surface area contributed by atoms with E-state index in [2.05, 4.69) is 0 Å². The van der Waals surface area contributed by atoms with Crippen molar-refractivity contribution in [3.05, 3.63) is 89.4 Å². The molecule has 138 valence electrons. The molecule has 1 saturated heterocycles. The summed E-state index contributed by atoms with van der Waals surface area (Å²) in [6.45, 7) is 0.476. The van der Waals surface area contributed by atoms with Gasteiger partial charge in [0.25, 0.3) is 0 Å². The molecule has 0 aromatic heterocycles. The molecule has 0 saturated carbocycles. The predicted molar refractivity (Wildman–Crippen MR) is 112 cm³/mol. The largest absolute Gasteiger partial charge is 0.244 e. The summed E-state index contributed by atoms with van der Waals surface area (Å²) in [5, 5.41) is 0.300. The summed E-state index contributed by atoms with van der Waals surface area (Å²) in [5.41, 5.74) is 2.89. The van der Waals surface area contributed by atoms with Crippen LogP contribution in [0.3, 0.4) is 0 Å². The van der Waals surface area contributed by atoms with E-state index in [1.165, 1.54) is 0 Å². The van der Waals surface area contributed by atoms with Crippen LogP contribution in [0.5, 0.6) is 0 Å². The highest BCUT2D eigenvalue weighted by atomic mass is 35.5. The number of thioether (sulfide) groups is 1. The molecule has 0 aliphatic carbocycles. The molecule has 0 spiro atoms. The van der Waals surface area contributed by atoms with Gasteiger partial charge < -0.3 is 0 Å². The Morgan fingerprint density at radius 3 is 2.19 bits per heavy atom. The molecule has 1 aliphatic rings. The molecule has 4 rings (SSSR count). The monoisotopic (exact) mass is 415 g/mol. The van der Waals surface area contributed by atoms with Gasteiger partial charge in [-0.3, -0.25) is 0 Å². The fraction of sp³-hybridized carbons (Fsp3) is 0.143. The third-order valence-electron chi connectivity index (χ3n) is 4.59. The van der Waals surface area contributed by atoms with Gasteiger partial charge in [0.05, 0.1) is 10.3 Å². The highest BCUT2D eigenvalue weighted by Gasteiger charge is 2.37. The van der Waals surface area contributed by atoms with E-state index in [0.29, 0.717) is 16.5 Å². The molecule has 3 aromatic rings. The summed E-state index contributed by atoms with van der Waals surface area (Å²) in [6.07, 6.45) is 0. The summed E-state index contributed by atoms with van der Waals surface area (Å²) in [4.78, 5) is 0.307. The Bertz CT molecular complexity index is 1040. The molecule has 1 atom stereocenters. The minimum absolute atomic E-state index is 0.294. The van der Waals surface area contributed by atoms with E-state index in [1.54, 1.807) is 34.3 Å². The lowest BCUT2D eigenvalue weighted by molar-refractivity contribution is 0.434. The van der Waals surface area contributed by atoms with Crippen molar-refractivity contribution in [2.45, 2.75) is 10.3 Å². The van der Waals surface area contributed by atoms with Crippen LogP contribution in [-0.4, -0.2) is 25.0 Å². The first-order chi connectivity index (χ1) is 13.1. The Balaban J connectivity index is 1.65. The highest BCUT2D eigenvalue weighted by Crippen LogP contribution is 2.43. The Labute approximate surface area is 169 Å². The van der Waals surface area contributed by atoms with Crippen LogP contribution in [0.15, 0.2) is 83.8 Å². The van der Waals surface area contributed by atoms with Crippen molar-refractivity contribution in [1.82, 2.24) is 4.31 Å². The Hall–Kier alpha value is -1.79. The van der Waals surface area contributed by atoms with Gasteiger partial charge in [0, 0.05) is 17.3 Å². The van der Waals surface area contributed by atoms with E-state index in [0.717, 1.165) is 22.4 Å². The van der Waals surface area contributed by atoms with Gasteiger partial charge in [-0.05, 0) is 34.9 Å². The van der Waals surface area contributed by atoms with Crippen LogP contribution >= 0.6 is 23.4 Å². The van der Waals surface area contributed by atoms with Crippen LogP contribution in [0.4, 0.5) is 0 Å². The van der Waals surface area contributed by atoms with Gasteiger partial charge in [0.15, 0.2) is 0 Å². The maximum absolute atomic E-state index is 13.2. The van der Waals surface area contributed by atoms with Gasteiger partial charge in [0.2, 0.25) is 10.0 Å². The molecule has 0 bridgehead atoms. The Kier molecular flexibility index (Phi) is 5.28. The molecular weight excluding hydrogens is 398 g/mol. The van der Waals surface area contributed by atoms with Gasteiger partial charge in [-0.1, -0.05) is 72.3 Å². The van der Waals surface area contributed by atoms with Crippen LogP contribution in [-0.2, 0) is 10.0 Å².